The molecule has 1 heterocycles. The van der Waals surface area contributed by atoms with Gasteiger partial charge < -0.3 is 14.6 Å². The number of nitrogens with one attached hydrogen (secondary N) is 1. The highest BCUT2D eigenvalue weighted by Crippen LogP contribution is 2.23. The number of thiazole rings is 1. The zero-order valence-electron chi connectivity index (χ0n) is 14.6. The van der Waals surface area contributed by atoms with Crippen molar-refractivity contribution in [3.05, 3.63) is 57.2 Å². The average Bonchev–Trinajstić information content (AvgIpc) is 2.84. The molecule has 1 amide bonds. The van der Waals surface area contributed by atoms with Gasteiger partial charge in [-0.25, -0.2) is 0 Å². The molecule has 0 aliphatic carbocycles. The lowest BCUT2D eigenvalue weighted by Gasteiger charge is -2.16. The van der Waals surface area contributed by atoms with Crippen LogP contribution in [0.2, 0.25) is 0 Å². The first-order valence-corrected chi connectivity index (χ1v) is 8.81. The highest BCUT2D eigenvalue weighted by molar-refractivity contribution is 7.16. The Labute approximate surface area is 149 Å². The van der Waals surface area contributed by atoms with Crippen LogP contribution in [0, 0.1) is 13.8 Å². The van der Waals surface area contributed by atoms with Gasteiger partial charge in [-0.3, -0.25) is 9.59 Å². The van der Waals surface area contributed by atoms with E-state index in [4.69, 9.17) is 4.74 Å². The molecule has 5 nitrogen and oxygen atoms in total. The zero-order chi connectivity index (χ0) is 18.1. The number of aromatic nitrogens is 1. The number of fused-ring (bicyclic) bond motifs is 1. The van der Waals surface area contributed by atoms with Gasteiger partial charge in [0.05, 0.1) is 10.2 Å². The molecule has 1 aromatic heterocycles. The summed E-state index contributed by atoms with van der Waals surface area (Å²) in [5.41, 5.74) is 3.65. The van der Waals surface area contributed by atoms with Crippen molar-refractivity contribution in [1.29, 1.82) is 0 Å². The molecule has 2 aromatic carbocycles. The molecule has 25 heavy (non-hydrogen) atoms. The second-order valence-electron chi connectivity index (χ2n) is 6.13. The predicted octanol–water partition coefficient (Wildman–Crippen LogP) is 3.62. The first kappa shape index (κ1) is 17.2. The third kappa shape index (κ3) is 3.58. The third-order valence-electron chi connectivity index (χ3n) is 4.06. The number of carbonyl (C=O) groups is 1. The van der Waals surface area contributed by atoms with Crippen LogP contribution in [0.1, 0.15) is 18.1 Å². The average molecular weight is 356 g/mol. The number of benzene rings is 2. The van der Waals surface area contributed by atoms with Crippen LogP contribution in [0.15, 0.2) is 41.2 Å². The molecule has 6 heteroatoms. The van der Waals surface area contributed by atoms with E-state index in [-0.39, 0.29) is 10.8 Å². The SMILES string of the molecule is Cc1ccc(O[C@H](C)C(=O)Nc2ccc3c(c2)sc(=O)n3C)c(C)c1. The summed E-state index contributed by atoms with van der Waals surface area (Å²) in [5, 5.41) is 2.85. The van der Waals surface area contributed by atoms with Crippen molar-refractivity contribution in [1.82, 2.24) is 4.57 Å². The Morgan fingerprint density at radius 1 is 1.20 bits per heavy atom. The molecule has 0 radical (unpaired) electrons. The number of carbonyl (C=O) groups excluding carboxylic acids is 1. The van der Waals surface area contributed by atoms with Gasteiger partial charge in [0.2, 0.25) is 0 Å². The molecule has 0 unspecified atom stereocenters. The van der Waals surface area contributed by atoms with E-state index in [0.717, 1.165) is 32.7 Å². The first-order valence-electron chi connectivity index (χ1n) is 7.99. The van der Waals surface area contributed by atoms with Crippen molar-refractivity contribution < 1.29 is 9.53 Å². The van der Waals surface area contributed by atoms with Gasteiger partial charge >= 0.3 is 4.87 Å². The topological polar surface area (TPSA) is 60.3 Å². The summed E-state index contributed by atoms with van der Waals surface area (Å²) in [5.74, 6) is 0.465. The largest absolute Gasteiger partial charge is 0.481 e. The molecule has 3 rings (SSSR count). The van der Waals surface area contributed by atoms with Gasteiger partial charge in [-0.15, -0.1) is 0 Å². The van der Waals surface area contributed by atoms with Crippen molar-refractivity contribution in [2.75, 3.05) is 5.32 Å². The molecule has 0 fully saturated rings. The van der Waals surface area contributed by atoms with Gasteiger partial charge in [-0.05, 0) is 50.6 Å². The maximum Gasteiger partial charge on any atom is 0.307 e. The second-order valence-corrected chi connectivity index (χ2v) is 7.12. The van der Waals surface area contributed by atoms with Gasteiger partial charge in [0.25, 0.3) is 5.91 Å². The van der Waals surface area contributed by atoms with E-state index in [1.807, 2.05) is 44.2 Å². The Balaban J connectivity index is 1.73. The standard InChI is InChI=1S/C19H20N2O3S/c1-11-5-8-16(12(2)9-11)24-13(3)18(22)20-14-6-7-15-17(10-14)25-19(23)21(15)4/h5-10,13H,1-4H3,(H,20,22)/t13-/m1/s1. The minimum Gasteiger partial charge on any atom is -0.481 e. The maximum absolute atomic E-state index is 12.4. The van der Waals surface area contributed by atoms with Gasteiger partial charge in [0.15, 0.2) is 6.10 Å². The molecular formula is C19H20N2O3S. The number of anilines is 1. The van der Waals surface area contributed by atoms with Crippen LogP contribution in [-0.4, -0.2) is 16.6 Å². The molecular weight excluding hydrogens is 336 g/mol. The minimum atomic E-state index is -0.633. The molecule has 0 saturated heterocycles. The van der Waals surface area contributed by atoms with E-state index < -0.39 is 6.10 Å². The third-order valence-corrected chi connectivity index (χ3v) is 5.06. The second kappa shape index (κ2) is 6.72. The van der Waals surface area contributed by atoms with Gasteiger partial charge in [-0.2, -0.15) is 0 Å². The number of ether oxygens (including phenoxy) is 1. The van der Waals surface area contributed by atoms with Crippen LogP contribution in [0.5, 0.6) is 5.75 Å². The van der Waals surface area contributed by atoms with E-state index in [0.29, 0.717) is 11.4 Å². The fraction of sp³-hybridized carbons (Fsp3) is 0.263. The smallest absolute Gasteiger partial charge is 0.307 e. The molecule has 0 saturated carbocycles. The number of rotatable bonds is 4. The van der Waals surface area contributed by atoms with Crippen LogP contribution in [0.3, 0.4) is 0 Å². The van der Waals surface area contributed by atoms with Crippen molar-refractivity contribution in [3.8, 4) is 5.75 Å². The van der Waals surface area contributed by atoms with Gasteiger partial charge in [0.1, 0.15) is 5.75 Å². The van der Waals surface area contributed by atoms with E-state index in [1.54, 1.807) is 24.6 Å². The van der Waals surface area contributed by atoms with Crippen LogP contribution < -0.4 is 14.9 Å². The monoisotopic (exact) mass is 356 g/mol. The van der Waals surface area contributed by atoms with Crippen molar-refractivity contribution in [3.63, 3.8) is 0 Å². The lowest BCUT2D eigenvalue weighted by atomic mass is 10.1. The molecule has 0 spiro atoms. The van der Waals surface area contributed by atoms with E-state index >= 15 is 0 Å². The van der Waals surface area contributed by atoms with Crippen LogP contribution in [0.4, 0.5) is 5.69 Å². The Morgan fingerprint density at radius 3 is 2.68 bits per heavy atom. The maximum atomic E-state index is 12.4. The Hall–Kier alpha value is -2.60. The Bertz CT molecular complexity index is 1000. The summed E-state index contributed by atoms with van der Waals surface area (Å²) in [6, 6.07) is 11.3. The summed E-state index contributed by atoms with van der Waals surface area (Å²) >= 11 is 1.16. The van der Waals surface area contributed by atoms with Crippen molar-refractivity contribution >= 4 is 33.1 Å². The Morgan fingerprint density at radius 2 is 1.96 bits per heavy atom. The van der Waals surface area contributed by atoms with Crippen LogP contribution >= 0.6 is 11.3 Å². The highest BCUT2D eigenvalue weighted by Gasteiger charge is 2.16. The van der Waals surface area contributed by atoms with E-state index in [2.05, 4.69) is 5.32 Å². The van der Waals surface area contributed by atoms with Crippen LogP contribution in [0.25, 0.3) is 10.2 Å². The zero-order valence-corrected chi connectivity index (χ0v) is 15.4. The fourth-order valence-corrected chi connectivity index (χ4v) is 3.55. The summed E-state index contributed by atoms with van der Waals surface area (Å²) in [7, 11) is 1.74. The van der Waals surface area contributed by atoms with Crippen molar-refractivity contribution in [2.45, 2.75) is 26.9 Å². The number of amides is 1. The number of aryl methyl sites for hydroxylation is 3. The molecule has 1 atom stereocenters. The fourth-order valence-electron chi connectivity index (χ4n) is 2.63. The normalized spacial score (nSPS) is 12.2. The summed E-state index contributed by atoms with van der Waals surface area (Å²) < 4.78 is 8.22. The number of hydrogen-bond donors (Lipinski definition) is 1. The lowest BCUT2D eigenvalue weighted by molar-refractivity contribution is -0.122. The lowest BCUT2D eigenvalue weighted by Crippen LogP contribution is -2.30. The summed E-state index contributed by atoms with van der Waals surface area (Å²) in [6.07, 6.45) is -0.633. The van der Waals surface area contributed by atoms with Crippen molar-refractivity contribution in [2.24, 2.45) is 7.05 Å². The van der Waals surface area contributed by atoms with Gasteiger partial charge in [-0.1, -0.05) is 29.0 Å². The number of nitrogens with zero attached hydrogens (tertiary/aromatic N) is 1. The van der Waals surface area contributed by atoms with Crippen LogP contribution in [-0.2, 0) is 11.8 Å². The Kier molecular flexibility index (Phi) is 4.63. The molecule has 0 bridgehead atoms. The number of hydrogen-bond acceptors (Lipinski definition) is 4. The highest BCUT2D eigenvalue weighted by atomic mass is 32.1. The molecule has 130 valence electrons. The van der Waals surface area contributed by atoms with E-state index in [1.165, 1.54) is 0 Å². The molecule has 0 aliphatic rings. The molecule has 1 N–H and O–H groups in total. The predicted molar refractivity (Wildman–Crippen MR) is 102 cm³/mol. The molecule has 0 aliphatic heterocycles. The molecule has 3 aromatic rings. The minimum absolute atomic E-state index is 0.0231. The first-order chi connectivity index (χ1) is 11.8. The summed E-state index contributed by atoms with van der Waals surface area (Å²) in [6.45, 7) is 5.69. The van der Waals surface area contributed by atoms with Gasteiger partial charge in [0, 0.05) is 12.7 Å². The van der Waals surface area contributed by atoms with E-state index in [9.17, 15) is 9.59 Å². The quantitative estimate of drug-likeness (QED) is 0.777. The summed E-state index contributed by atoms with van der Waals surface area (Å²) in [4.78, 5) is 24.1.